The van der Waals surface area contributed by atoms with E-state index < -0.39 is 0 Å². The van der Waals surface area contributed by atoms with Crippen LogP contribution in [0.3, 0.4) is 0 Å². The molecule has 1 heterocycles. The van der Waals surface area contributed by atoms with E-state index in [0.29, 0.717) is 5.71 Å². The van der Waals surface area contributed by atoms with E-state index in [1.165, 1.54) is 4.70 Å². The minimum atomic E-state index is 0.697. The van der Waals surface area contributed by atoms with Gasteiger partial charge >= 0.3 is 0 Å². The van der Waals surface area contributed by atoms with Crippen LogP contribution >= 0.6 is 11.3 Å². The largest absolute Gasteiger partial charge is 0.399 e. The third-order valence-corrected chi connectivity index (χ3v) is 3.58. The first-order chi connectivity index (χ1) is 7.61. The van der Waals surface area contributed by atoms with E-state index in [4.69, 9.17) is 12.2 Å². The standard InChI is InChI=1S/C13H12N2S/c1-4-8(2)15-13-9(3)11-7-10(14)5-6-12(11)16-13/h1,5-7H,14H2,2-3H3. The highest BCUT2D eigenvalue weighted by Gasteiger charge is 2.07. The summed E-state index contributed by atoms with van der Waals surface area (Å²) >= 11 is 1.64. The van der Waals surface area contributed by atoms with Crippen LogP contribution in [0.15, 0.2) is 23.2 Å². The van der Waals surface area contributed by atoms with Crippen LogP contribution in [0, 0.1) is 19.3 Å². The number of nitrogens with two attached hydrogens (primary N) is 1. The van der Waals surface area contributed by atoms with E-state index >= 15 is 0 Å². The SMILES string of the molecule is C#CC(C)=Nc1sc2ccc(N)cc2c1C. The van der Waals surface area contributed by atoms with Crippen molar-refractivity contribution in [2.45, 2.75) is 13.8 Å². The number of terminal acetylenes is 1. The smallest absolute Gasteiger partial charge is 0.121 e. The third-order valence-electron chi connectivity index (χ3n) is 2.41. The Labute approximate surface area is 98.8 Å². The van der Waals surface area contributed by atoms with E-state index in [1.54, 1.807) is 11.3 Å². The predicted molar refractivity (Wildman–Crippen MR) is 72.6 cm³/mol. The van der Waals surface area contributed by atoms with Crippen LogP contribution in [0.2, 0.25) is 0 Å². The van der Waals surface area contributed by atoms with Gasteiger partial charge in [-0.25, -0.2) is 4.99 Å². The highest BCUT2D eigenvalue weighted by atomic mass is 32.1. The van der Waals surface area contributed by atoms with Crippen LogP contribution < -0.4 is 5.73 Å². The Kier molecular flexibility index (Phi) is 2.67. The summed E-state index contributed by atoms with van der Waals surface area (Å²) in [4.78, 5) is 4.40. The summed E-state index contributed by atoms with van der Waals surface area (Å²) < 4.78 is 1.19. The van der Waals surface area contributed by atoms with Crippen molar-refractivity contribution in [2.75, 3.05) is 5.73 Å². The number of rotatable bonds is 1. The van der Waals surface area contributed by atoms with Crippen molar-refractivity contribution in [1.29, 1.82) is 0 Å². The molecule has 0 bridgehead atoms. The Morgan fingerprint density at radius 1 is 1.50 bits per heavy atom. The molecule has 2 N–H and O–H groups in total. The molecule has 0 aliphatic carbocycles. The summed E-state index contributed by atoms with van der Waals surface area (Å²) in [6, 6.07) is 5.90. The molecule has 0 radical (unpaired) electrons. The fraction of sp³-hybridized carbons (Fsp3) is 0.154. The van der Waals surface area contributed by atoms with Crippen LogP contribution in [-0.4, -0.2) is 5.71 Å². The van der Waals surface area contributed by atoms with Crippen molar-refractivity contribution < 1.29 is 0 Å². The molecule has 0 spiro atoms. The Morgan fingerprint density at radius 3 is 2.94 bits per heavy atom. The van der Waals surface area contributed by atoms with Crippen molar-refractivity contribution in [1.82, 2.24) is 0 Å². The van der Waals surface area contributed by atoms with Crippen molar-refractivity contribution in [3.8, 4) is 12.3 Å². The molecule has 3 heteroatoms. The number of nitrogen functional groups attached to an aromatic ring is 1. The van der Waals surface area contributed by atoms with Crippen LogP contribution in [-0.2, 0) is 0 Å². The van der Waals surface area contributed by atoms with Gasteiger partial charge in [0.1, 0.15) is 5.00 Å². The van der Waals surface area contributed by atoms with Crippen LogP contribution in [0.25, 0.3) is 10.1 Å². The van der Waals surface area contributed by atoms with Gasteiger partial charge in [-0.2, -0.15) is 0 Å². The fourth-order valence-electron chi connectivity index (χ4n) is 1.52. The number of benzene rings is 1. The highest BCUT2D eigenvalue weighted by molar-refractivity contribution is 7.22. The van der Waals surface area contributed by atoms with Gasteiger partial charge in [-0.05, 0) is 43.0 Å². The normalized spacial score (nSPS) is 11.7. The molecule has 2 rings (SSSR count). The lowest BCUT2D eigenvalue weighted by molar-refractivity contribution is 1.50. The zero-order valence-corrected chi connectivity index (χ0v) is 10.1. The number of aryl methyl sites for hydroxylation is 1. The molecule has 0 atom stereocenters. The van der Waals surface area contributed by atoms with E-state index in [0.717, 1.165) is 21.6 Å². The summed E-state index contributed by atoms with van der Waals surface area (Å²) in [6.45, 7) is 3.87. The van der Waals surface area contributed by atoms with Gasteiger partial charge in [-0.3, -0.25) is 0 Å². The molecule has 0 saturated carbocycles. The maximum Gasteiger partial charge on any atom is 0.121 e. The van der Waals surface area contributed by atoms with Gasteiger partial charge < -0.3 is 5.73 Å². The van der Waals surface area contributed by atoms with E-state index in [-0.39, 0.29) is 0 Å². The van der Waals surface area contributed by atoms with Crippen LogP contribution in [0.4, 0.5) is 10.7 Å². The summed E-state index contributed by atoms with van der Waals surface area (Å²) in [7, 11) is 0. The molecule has 1 aromatic heterocycles. The maximum absolute atomic E-state index is 5.77. The second-order valence-corrected chi connectivity index (χ2v) is 4.66. The van der Waals surface area contributed by atoms with Crippen molar-refractivity contribution >= 4 is 37.8 Å². The van der Waals surface area contributed by atoms with Crippen molar-refractivity contribution in [3.05, 3.63) is 23.8 Å². The molecule has 2 nitrogen and oxygen atoms in total. The molecule has 2 aromatic rings. The first-order valence-corrected chi connectivity index (χ1v) is 5.74. The number of aliphatic imine (C=N–C) groups is 1. The Bertz CT molecular complexity index is 615. The van der Waals surface area contributed by atoms with Gasteiger partial charge in [-0.15, -0.1) is 17.8 Å². The minimum Gasteiger partial charge on any atom is -0.399 e. The summed E-state index contributed by atoms with van der Waals surface area (Å²) in [6.07, 6.45) is 5.29. The first kappa shape index (κ1) is 10.7. The molecule has 0 amide bonds. The Balaban J connectivity index is 2.66. The average molecular weight is 228 g/mol. The Hall–Kier alpha value is -1.79. The molecule has 0 saturated heterocycles. The monoisotopic (exact) mass is 228 g/mol. The summed E-state index contributed by atoms with van der Waals surface area (Å²) in [5.41, 5.74) is 8.38. The second kappa shape index (κ2) is 3.99. The zero-order chi connectivity index (χ0) is 11.7. The fourth-order valence-corrected chi connectivity index (χ4v) is 2.63. The summed E-state index contributed by atoms with van der Waals surface area (Å²) in [5, 5.41) is 2.13. The molecular weight excluding hydrogens is 216 g/mol. The van der Waals surface area contributed by atoms with E-state index in [2.05, 4.69) is 10.9 Å². The van der Waals surface area contributed by atoms with Gasteiger partial charge in [-0.1, -0.05) is 5.92 Å². The predicted octanol–water partition coefficient (Wildman–Crippen LogP) is 3.52. The quantitative estimate of drug-likeness (QED) is 0.452. The number of anilines is 1. The molecule has 0 aliphatic heterocycles. The summed E-state index contributed by atoms with van der Waals surface area (Å²) in [5.74, 6) is 2.53. The molecule has 0 unspecified atom stereocenters. The molecular formula is C13H12N2S. The molecule has 80 valence electrons. The number of hydrogen-bond donors (Lipinski definition) is 1. The molecule has 16 heavy (non-hydrogen) atoms. The molecule has 0 aliphatic rings. The third kappa shape index (κ3) is 1.80. The van der Waals surface area contributed by atoms with Gasteiger partial charge in [0.05, 0.1) is 5.71 Å². The lowest BCUT2D eigenvalue weighted by Gasteiger charge is -1.94. The molecule has 0 fully saturated rings. The van der Waals surface area contributed by atoms with Gasteiger partial charge in [0.2, 0.25) is 0 Å². The van der Waals surface area contributed by atoms with Gasteiger partial charge in [0.15, 0.2) is 0 Å². The van der Waals surface area contributed by atoms with Crippen molar-refractivity contribution in [2.24, 2.45) is 4.99 Å². The second-order valence-electron chi connectivity index (χ2n) is 3.63. The highest BCUT2D eigenvalue weighted by Crippen LogP contribution is 2.37. The molecule has 1 aromatic carbocycles. The lowest BCUT2D eigenvalue weighted by Crippen LogP contribution is -1.83. The van der Waals surface area contributed by atoms with Gasteiger partial charge in [0, 0.05) is 10.4 Å². The number of hydrogen-bond acceptors (Lipinski definition) is 3. The first-order valence-electron chi connectivity index (χ1n) is 4.92. The minimum absolute atomic E-state index is 0.697. The van der Waals surface area contributed by atoms with E-state index in [1.807, 2.05) is 32.0 Å². The number of thiophene rings is 1. The van der Waals surface area contributed by atoms with Crippen molar-refractivity contribution in [3.63, 3.8) is 0 Å². The van der Waals surface area contributed by atoms with E-state index in [9.17, 15) is 0 Å². The lowest BCUT2D eigenvalue weighted by atomic mass is 10.2. The topological polar surface area (TPSA) is 38.4 Å². The average Bonchev–Trinajstić information content (AvgIpc) is 2.56. The number of nitrogens with zero attached hydrogens (tertiary/aromatic N) is 1. The maximum atomic E-state index is 5.77. The zero-order valence-electron chi connectivity index (χ0n) is 9.24. The Morgan fingerprint density at radius 2 is 2.25 bits per heavy atom. The van der Waals surface area contributed by atoms with Crippen LogP contribution in [0.5, 0.6) is 0 Å². The van der Waals surface area contributed by atoms with Crippen LogP contribution in [0.1, 0.15) is 12.5 Å². The number of fused-ring (bicyclic) bond motifs is 1. The van der Waals surface area contributed by atoms with Gasteiger partial charge in [0.25, 0.3) is 0 Å².